The van der Waals surface area contributed by atoms with Crippen LogP contribution in [0.25, 0.3) is 88.9 Å². The smallest absolute Gasteiger partial charge is 0.235 e. The third-order valence-electron chi connectivity index (χ3n) is 9.75. The number of nitrogens with zero attached hydrogens (tertiary/aromatic N) is 4. The number of benzene rings is 7. The minimum absolute atomic E-state index is 0.646. The lowest BCUT2D eigenvalue weighted by Crippen LogP contribution is -2.04. The second-order valence-electron chi connectivity index (χ2n) is 12.7. The average molecular weight is 639 g/mol. The molecular formula is C46H30N4. The number of hydrogen-bond acceptors (Lipinski definition) is 2. The Labute approximate surface area is 289 Å². The topological polar surface area (TPSA) is 35.6 Å². The Bertz CT molecular complexity index is 2790. The molecule has 0 fully saturated rings. The summed E-state index contributed by atoms with van der Waals surface area (Å²) >= 11 is 0. The molecule has 0 amide bonds. The molecule has 0 atom stereocenters. The molecule has 50 heavy (non-hydrogen) atoms. The number of hydrogen-bond donors (Lipinski definition) is 0. The van der Waals surface area contributed by atoms with Gasteiger partial charge in [0.15, 0.2) is 0 Å². The van der Waals surface area contributed by atoms with Crippen molar-refractivity contribution in [2.45, 2.75) is 0 Å². The van der Waals surface area contributed by atoms with Crippen LogP contribution in [0.1, 0.15) is 0 Å². The van der Waals surface area contributed by atoms with Crippen molar-refractivity contribution >= 4 is 43.6 Å². The Morgan fingerprint density at radius 2 is 0.720 bits per heavy atom. The van der Waals surface area contributed by atoms with E-state index in [-0.39, 0.29) is 0 Å². The van der Waals surface area contributed by atoms with Crippen molar-refractivity contribution in [3.8, 4) is 45.3 Å². The molecule has 10 rings (SSSR count). The summed E-state index contributed by atoms with van der Waals surface area (Å²) in [4.78, 5) is 10.5. The summed E-state index contributed by atoms with van der Waals surface area (Å²) in [5, 5.41) is 4.82. The van der Waals surface area contributed by atoms with E-state index in [1.807, 2.05) is 12.1 Å². The zero-order valence-electron chi connectivity index (χ0n) is 27.1. The molecular weight excluding hydrogens is 609 g/mol. The summed E-state index contributed by atoms with van der Waals surface area (Å²) in [6.45, 7) is 0. The van der Waals surface area contributed by atoms with E-state index in [2.05, 4.69) is 179 Å². The monoisotopic (exact) mass is 638 g/mol. The molecule has 234 valence electrons. The molecule has 4 nitrogen and oxygen atoms in total. The van der Waals surface area contributed by atoms with E-state index in [0.29, 0.717) is 5.95 Å². The fourth-order valence-corrected chi connectivity index (χ4v) is 7.42. The molecule has 4 heteroatoms. The molecule has 0 aliphatic carbocycles. The first-order chi connectivity index (χ1) is 24.8. The zero-order valence-corrected chi connectivity index (χ0v) is 27.1. The fourth-order valence-electron chi connectivity index (χ4n) is 7.42. The predicted octanol–water partition coefficient (Wildman–Crippen LogP) is 11.7. The van der Waals surface area contributed by atoms with Crippen LogP contribution in [0.5, 0.6) is 0 Å². The Kier molecular flexibility index (Phi) is 6.46. The highest BCUT2D eigenvalue weighted by atomic mass is 15.2. The van der Waals surface area contributed by atoms with Crippen LogP contribution < -0.4 is 0 Å². The van der Waals surface area contributed by atoms with Crippen molar-refractivity contribution in [2.24, 2.45) is 0 Å². The van der Waals surface area contributed by atoms with Crippen molar-refractivity contribution in [3.05, 3.63) is 182 Å². The van der Waals surface area contributed by atoms with Crippen LogP contribution in [0.15, 0.2) is 182 Å². The van der Waals surface area contributed by atoms with Gasteiger partial charge in [-0.2, -0.15) is 0 Å². The van der Waals surface area contributed by atoms with E-state index >= 15 is 0 Å². The lowest BCUT2D eigenvalue weighted by atomic mass is 10.0. The van der Waals surface area contributed by atoms with Gasteiger partial charge in [0.25, 0.3) is 0 Å². The van der Waals surface area contributed by atoms with Crippen LogP contribution in [-0.2, 0) is 0 Å². The minimum atomic E-state index is 0.646. The van der Waals surface area contributed by atoms with E-state index in [1.165, 1.54) is 32.6 Å². The molecule has 0 N–H and O–H groups in total. The normalized spacial score (nSPS) is 11.6. The summed E-state index contributed by atoms with van der Waals surface area (Å²) in [5.74, 6) is 0.646. The second-order valence-corrected chi connectivity index (χ2v) is 12.7. The molecule has 0 saturated heterocycles. The van der Waals surface area contributed by atoms with Crippen molar-refractivity contribution in [3.63, 3.8) is 0 Å². The van der Waals surface area contributed by atoms with Crippen LogP contribution >= 0.6 is 0 Å². The highest BCUT2D eigenvalue weighted by molar-refractivity contribution is 6.12. The number of aromatic nitrogens is 4. The van der Waals surface area contributed by atoms with Gasteiger partial charge in [-0.15, -0.1) is 0 Å². The molecule has 3 heterocycles. The first kappa shape index (κ1) is 28.3. The zero-order chi connectivity index (χ0) is 33.0. The summed E-state index contributed by atoms with van der Waals surface area (Å²) in [6.07, 6.45) is 0. The van der Waals surface area contributed by atoms with E-state index < -0.39 is 0 Å². The summed E-state index contributed by atoms with van der Waals surface area (Å²) in [6, 6.07) is 64.3. The molecule has 3 aromatic heterocycles. The van der Waals surface area contributed by atoms with E-state index in [1.54, 1.807) is 0 Å². The van der Waals surface area contributed by atoms with Crippen molar-refractivity contribution in [1.29, 1.82) is 0 Å². The molecule has 0 saturated carbocycles. The van der Waals surface area contributed by atoms with Gasteiger partial charge in [0.1, 0.15) is 0 Å². The molecule has 0 spiro atoms. The van der Waals surface area contributed by atoms with E-state index in [0.717, 1.165) is 50.4 Å². The van der Waals surface area contributed by atoms with Gasteiger partial charge in [-0.3, -0.25) is 4.57 Å². The van der Waals surface area contributed by atoms with Crippen LogP contribution in [0.2, 0.25) is 0 Å². The molecule has 0 aliphatic heterocycles. The Morgan fingerprint density at radius 3 is 1.26 bits per heavy atom. The summed E-state index contributed by atoms with van der Waals surface area (Å²) < 4.78 is 4.60. The minimum Gasteiger partial charge on any atom is -0.309 e. The van der Waals surface area contributed by atoms with Crippen LogP contribution in [0.4, 0.5) is 0 Å². The average Bonchev–Trinajstić information content (AvgIpc) is 3.71. The highest BCUT2D eigenvalue weighted by Crippen LogP contribution is 2.38. The summed E-state index contributed by atoms with van der Waals surface area (Å²) in [5.41, 5.74) is 11.8. The van der Waals surface area contributed by atoms with Crippen molar-refractivity contribution in [1.82, 2.24) is 19.1 Å². The number of fused-ring (bicyclic) bond motifs is 6. The third kappa shape index (κ3) is 4.54. The Hall–Kier alpha value is -6.78. The predicted molar refractivity (Wildman–Crippen MR) is 207 cm³/mol. The molecule has 7 aromatic carbocycles. The van der Waals surface area contributed by atoms with Crippen molar-refractivity contribution < 1.29 is 0 Å². The van der Waals surface area contributed by atoms with E-state index in [9.17, 15) is 0 Å². The fraction of sp³-hybridized carbons (Fsp3) is 0. The van der Waals surface area contributed by atoms with Gasteiger partial charge >= 0.3 is 0 Å². The Balaban J connectivity index is 1.22. The van der Waals surface area contributed by atoms with Gasteiger partial charge in [0.2, 0.25) is 5.95 Å². The summed E-state index contributed by atoms with van der Waals surface area (Å²) in [7, 11) is 0. The molecule has 0 aliphatic rings. The quantitative estimate of drug-likeness (QED) is 0.188. The highest BCUT2D eigenvalue weighted by Gasteiger charge is 2.18. The van der Waals surface area contributed by atoms with Crippen molar-refractivity contribution in [2.75, 3.05) is 0 Å². The van der Waals surface area contributed by atoms with E-state index in [4.69, 9.17) is 9.97 Å². The second kappa shape index (κ2) is 11.4. The SMILES string of the molecule is c1ccc(-c2cc(-c3ccccc3)nc(-n3c4ccccc4c4ccc(-c5ccc6c7ccccc7n(-c7ccccc7)c6c5)cc43)n2)cc1. The van der Waals surface area contributed by atoms with Gasteiger partial charge in [-0.1, -0.05) is 140 Å². The van der Waals surface area contributed by atoms with Gasteiger partial charge in [-0.05, 0) is 53.6 Å². The van der Waals surface area contributed by atoms with Gasteiger partial charge in [0, 0.05) is 38.4 Å². The first-order valence-corrected chi connectivity index (χ1v) is 16.9. The number of rotatable bonds is 5. The number of para-hydroxylation sites is 3. The first-order valence-electron chi connectivity index (χ1n) is 16.9. The van der Waals surface area contributed by atoms with Gasteiger partial charge in [-0.25, -0.2) is 9.97 Å². The maximum absolute atomic E-state index is 5.23. The lowest BCUT2D eigenvalue weighted by molar-refractivity contribution is 0.996. The van der Waals surface area contributed by atoms with Crippen LogP contribution in [0, 0.1) is 0 Å². The van der Waals surface area contributed by atoms with Crippen LogP contribution in [-0.4, -0.2) is 19.1 Å². The largest absolute Gasteiger partial charge is 0.309 e. The Morgan fingerprint density at radius 1 is 0.300 bits per heavy atom. The molecule has 0 bridgehead atoms. The molecule has 0 radical (unpaired) electrons. The maximum atomic E-state index is 5.23. The third-order valence-corrected chi connectivity index (χ3v) is 9.75. The van der Waals surface area contributed by atoms with Crippen LogP contribution in [0.3, 0.4) is 0 Å². The maximum Gasteiger partial charge on any atom is 0.235 e. The standard InChI is InChI=1S/C46H30N4/c1-4-14-31(15-5-1)40-30-41(32-16-6-2-7-17-32)48-46(47-40)50-43-23-13-11-21-37(43)39-27-25-34(29-45(39)50)33-24-26-38-36-20-10-12-22-42(36)49(44(38)28-33)35-18-8-3-9-19-35/h1-30H. The van der Waals surface area contributed by atoms with Gasteiger partial charge < -0.3 is 4.57 Å². The lowest BCUT2D eigenvalue weighted by Gasteiger charge is -2.12. The molecule has 10 aromatic rings. The van der Waals surface area contributed by atoms with Gasteiger partial charge in [0.05, 0.1) is 33.5 Å². The molecule has 0 unspecified atom stereocenters.